The van der Waals surface area contributed by atoms with Crippen LogP contribution in [0.15, 0.2) is 49.3 Å². The molecule has 0 spiro atoms. The molecule has 0 bridgehead atoms. The Bertz CT molecular complexity index is 1240. The fourth-order valence-corrected chi connectivity index (χ4v) is 4.08. The third-order valence-electron chi connectivity index (χ3n) is 5.50. The molecule has 4 aromatic rings. The summed E-state index contributed by atoms with van der Waals surface area (Å²) in [5.74, 6) is -0.276. The van der Waals surface area contributed by atoms with Crippen molar-refractivity contribution in [1.82, 2.24) is 24.0 Å². The summed E-state index contributed by atoms with van der Waals surface area (Å²) in [6.07, 6.45) is 8.62. The lowest BCUT2D eigenvalue weighted by Crippen LogP contribution is -2.17. The molecule has 0 fully saturated rings. The van der Waals surface area contributed by atoms with E-state index >= 15 is 0 Å². The first-order valence-corrected chi connectivity index (χ1v) is 10.5. The van der Waals surface area contributed by atoms with Crippen LogP contribution in [0.2, 0.25) is 0 Å². The second-order valence-corrected chi connectivity index (χ2v) is 7.96. The van der Waals surface area contributed by atoms with E-state index in [9.17, 15) is 9.90 Å². The maximum atomic E-state index is 13.1. The smallest absolute Gasteiger partial charge is 0.340 e. The largest absolute Gasteiger partial charge is 0.507 e. The van der Waals surface area contributed by atoms with Gasteiger partial charge in [-0.15, -0.1) is 0 Å². The molecule has 3 heterocycles. The highest BCUT2D eigenvalue weighted by molar-refractivity contribution is 6.09. The first kappa shape index (κ1) is 21.6. The van der Waals surface area contributed by atoms with Crippen LogP contribution in [0.1, 0.15) is 28.5 Å². The zero-order valence-corrected chi connectivity index (χ0v) is 18.7. The van der Waals surface area contributed by atoms with Gasteiger partial charge in [0.15, 0.2) is 0 Å². The normalized spacial score (nSPS) is 11.4. The highest BCUT2D eigenvalue weighted by atomic mass is 16.5. The molecule has 0 unspecified atom stereocenters. The molecule has 0 atom stereocenters. The number of hydrogen-bond acceptors (Lipinski definition) is 6. The predicted octanol–water partition coefficient (Wildman–Crippen LogP) is 3.43. The van der Waals surface area contributed by atoms with Gasteiger partial charge in [0.25, 0.3) is 0 Å². The first-order valence-electron chi connectivity index (χ1n) is 10.5. The molecule has 1 N–H and O–H groups in total. The number of hydrogen-bond donors (Lipinski definition) is 1. The summed E-state index contributed by atoms with van der Waals surface area (Å²) in [6, 6.07) is 5.66. The molecule has 166 valence electrons. The van der Waals surface area contributed by atoms with Crippen LogP contribution in [-0.4, -0.2) is 55.8 Å². The molecule has 0 saturated carbocycles. The van der Waals surface area contributed by atoms with E-state index in [2.05, 4.69) is 9.97 Å². The van der Waals surface area contributed by atoms with Gasteiger partial charge in [0, 0.05) is 66.2 Å². The van der Waals surface area contributed by atoms with Crippen LogP contribution in [0.4, 0.5) is 0 Å². The third-order valence-corrected chi connectivity index (χ3v) is 5.50. The minimum Gasteiger partial charge on any atom is -0.507 e. The maximum absolute atomic E-state index is 13.1. The van der Waals surface area contributed by atoms with E-state index in [-0.39, 0.29) is 12.4 Å². The first-order chi connectivity index (χ1) is 15.4. The quantitative estimate of drug-likeness (QED) is 0.450. The van der Waals surface area contributed by atoms with Crippen molar-refractivity contribution in [3.8, 4) is 16.9 Å². The van der Waals surface area contributed by atoms with Crippen molar-refractivity contribution >= 4 is 16.9 Å². The van der Waals surface area contributed by atoms with Crippen LogP contribution in [0.25, 0.3) is 22.0 Å². The van der Waals surface area contributed by atoms with E-state index in [1.54, 1.807) is 31.8 Å². The lowest BCUT2D eigenvalue weighted by molar-refractivity contribution is 0.0526. The zero-order chi connectivity index (χ0) is 22.8. The number of imidazole rings is 1. The van der Waals surface area contributed by atoms with E-state index in [0.29, 0.717) is 35.2 Å². The number of phenols is 1. The second kappa shape index (κ2) is 8.84. The van der Waals surface area contributed by atoms with Crippen molar-refractivity contribution < 1.29 is 14.6 Å². The molecule has 8 heteroatoms. The summed E-state index contributed by atoms with van der Waals surface area (Å²) in [4.78, 5) is 23.5. The Morgan fingerprint density at radius 2 is 2.06 bits per heavy atom. The zero-order valence-electron chi connectivity index (χ0n) is 18.7. The molecule has 4 rings (SSSR count). The summed E-state index contributed by atoms with van der Waals surface area (Å²) in [5, 5.41) is 12.1. The minimum absolute atomic E-state index is 0.117. The average Bonchev–Trinajstić information content (AvgIpc) is 3.37. The Labute approximate surface area is 186 Å². The van der Waals surface area contributed by atoms with Crippen molar-refractivity contribution in [3.05, 3.63) is 66.1 Å². The standard InChI is InChI=1S/C24H27N5O3/c1-5-32-24(31)22-20(14-27(2)3)28(4)19-11-17(16-7-6-8-25-12-16)23(30)18(21(19)22)13-29-10-9-26-15-29/h6-12,15,30H,5,13-14H2,1-4H3. The van der Waals surface area contributed by atoms with Crippen molar-refractivity contribution in [2.75, 3.05) is 20.7 Å². The van der Waals surface area contributed by atoms with E-state index < -0.39 is 5.97 Å². The Balaban J connectivity index is 2.09. The molecule has 0 amide bonds. The Morgan fingerprint density at radius 3 is 2.69 bits per heavy atom. The fourth-order valence-electron chi connectivity index (χ4n) is 4.08. The van der Waals surface area contributed by atoms with Crippen LogP contribution in [0.3, 0.4) is 0 Å². The number of aryl methyl sites for hydroxylation is 1. The number of rotatable bonds is 7. The molecule has 0 aliphatic rings. The minimum atomic E-state index is -0.393. The van der Waals surface area contributed by atoms with Gasteiger partial charge in [-0.25, -0.2) is 9.78 Å². The summed E-state index contributed by atoms with van der Waals surface area (Å²) in [6.45, 7) is 2.97. The molecule has 0 aliphatic heterocycles. The van der Waals surface area contributed by atoms with Gasteiger partial charge in [0.1, 0.15) is 5.75 Å². The molecule has 3 aromatic heterocycles. The van der Waals surface area contributed by atoms with Crippen molar-refractivity contribution in [2.45, 2.75) is 20.0 Å². The number of ether oxygens (including phenoxy) is 1. The van der Waals surface area contributed by atoms with Gasteiger partial charge >= 0.3 is 5.97 Å². The number of carbonyl (C=O) groups excluding carboxylic acids is 1. The van der Waals surface area contributed by atoms with Crippen LogP contribution in [0.5, 0.6) is 5.75 Å². The number of benzene rings is 1. The number of fused-ring (bicyclic) bond motifs is 1. The van der Waals surface area contributed by atoms with E-state index in [1.807, 2.05) is 59.6 Å². The Kier molecular flexibility index (Phi) is 5.96. The summed E-state index contributed by atoms with van der Waals surface area (Å²) in [7, 11) is 5.85. The predicted molar refractivity (Wildman–Crippen MR) is 122 cm³/mol. The molecular formula is C24H27N5O3. The van der Waals surface area contributed by atoms with Crippen LogP contribution in [0, 0.1) is 0 Å². The van der Waals surface area contributed by atoms with Crippen molar-refractivity contribution in [1.29, 1.82) is 0 Å². The number of carbonyl (C=O) groups is 1. The number of esters is 1. The van der Waals surface area contributed by atoms with Crippen LogP contribution in [-0.2, 0) is 24.9 Å². The van der Waals surface area contributed by atoms with Crippen molar-refractivity contribution in [2.24, 2.45) is 7.05 Å². The number of aromatic hydroxyl groups is 1. The molecule has 0 saturated heterocycles. The number of pyridine rings is 1. The number of phenolic OH excluding ortho intramolecular Hbond substituents is 1. The monoisotopic (exact) mass is 433 g/mol. The summed E-state index contributed by atoms with van der Waals surface area (Å²) in [5.41, 5.74) is 4.26. The van der Waals surface area contributed by atoms with Gasteiger partial charge in [-0.3, -0.25) is 4.98 Å². The van der Waals surface area contributed by atoms with Gasteiger partial charge in [0.2, 0.25) is 0 Å². The van der Waals surface area contributed by atoms with Crippen molar-refractivity contribution in [3.63, 3.8) is 0 Å². The van der Waals surface area contributed by atoms with Gasteiger partial charge in [-0.2, -0.15) is 0 Å². The Morgan fingerprint density at radius 1 is 1.25 bits per heavy atom. The molecule has 8 nitrogen and oxygen atoms in total. The molecule has 0 aliphatic carbocycles. The topological polar surface area (TPSA) is 85.4 Å². The van der Waals surface area contributed by atoms with Gasteiger partial charge < -0.3 is 23.9 Å². The van der Waals surface area contributed by atoms with Crippen LogP contribution >= 0.6 is 0 Å². The lowest BCUT2D eigenvalue weighted by atomic mass is 9.96. The highest BCUT2D eigenvalue weighted by Gasteiger charge is 2.28. The van der Waals surface area contributed by atoms with Gasteiger partial charge in [0.05, 0.1) is 30.6 Å². The molecule has 0 radical (unpaired) electrons. The molecular weight excluding hydrogens is 406 g/mol. The fraction of sp³-hybridized carbons (Fsp3) is 0.292. The number of nitrogens with zero attached hydrogens (tertiary/aromatic N) is 5. The van der Waals surface area contributed by atoms with Gasteiger partial charge in [-0.05, 0) is 33.2 Å². The Hall–Kier alpha value is -3.65. The maximum Gasteiger partial charge on any atom is 0.340 e. The average molecular weight is 434 g/mol. The highest BCUT2D eigenvalue weighted by Crippen LogP contribution is 2.41. The summed E-state index contributed by atoms with van der Waals surface area (Å²) < 4.78 is 9.32. The van der Waals surface area contributed by atoms with E-state index in [4.69, 9.17) is 4.74 Å². The second-order valence-electron chi connectivity index (χ2n) is 7.96. The molecule has 32 heavy (non-hydrogen) atoms. The molecule has 1 aromatic carbocycles. The lowest BCUT2D eigenvalue weighted by Gasteiger charge is -2.14. The third kappa shape index (κ3) is 3.85. The summed E-state index contributed by atoms with van der Waals surface area (Å²) >= 11 is 0. The van der Waals surface area contributed by atoms with E-state index in [1.165, 1.54) is 0 Å². The van der Waals surface area contributed by atoms with Crippen LogP contribution < -0.4 is 0 Å². The number of aromatic nitrogens is 4. The SMILES string of the molecule is CCOC(=O)c1c(CN(C)C)n(C)c2cc(-c3cccnc3)c(O)c(Cn3ccnc3)c12. The van der Waals surface area contributed by atoms with E-state index in [0.717, 1.165) is 16.8 Å². The van der Waals surface area contributed by atoms with Gasteiger partial charge in [-0.1, -0.05) is 6.07 Å².